The summed E-state index contributed by atoms with van der Waals surface area (Å²) in [6.07, 6.45) is 1.45. The van der Waals surface area contributed by atoms with Crippen molar-refractivity contribution >= 4 is 35.3 Å². The zero-order valence-electron chi connectivity index (χ0n) is 15.9. The molecule has 0 saturated heterocycles. The van der Waals surface area contributed by atoms with E-state index in [1.54, 1.807) is 48.5 Å². The molecule has 0 aliphatic rings. The monoisotopic (exact) mass is 444 g/mol. The predicted molar refractivity (Wildman–Crippen MR) is 117 cm³/mol. The van der Waals surface area contributed by atoms with Gasteiger partial charge < -0.3 is 14.6 Å². The fourth-order valence-electron chi connectivity index (χ4n) is 2.60. The first kappa shape index (κ1) is 21.5. The van der Waals surface area contributed by atoms with E-state index in [2.05, 4.69) is 10.5 Å². The molecule has 30 heavy (non-hydrogen) atoms. The number of hydrogen-bond donors (Lipinski definition) is 2. The van der Waals surface area contributed by atoms with Crippen LogP contribution in [-0.4, -0.2) is 24.3 Å². The molecule has 0 bridgehead atoms. The zero-order chi connectivity index (χ0) is 21.5. The molecule has 3 rings (SSSR count). The highest BCUT2D eigenvalue weighted by Crippen LogP contribution is 2.31. The third kappa shape index (κ3) is 5.23. The molecule has 0 unspecified atom stereocenters. The van der Waals surface area contributed by atoms with Gasteiger partial charge in [-0.15, -0.1) is 0 Å². The number of phenolic OH excluding ortho intramolecular Hbond substituents is 1. The number of carbonyl (C=O) groups excluding carboxylic acids is 1. The number of aromatic hydroxyl groups is 1. The predicted octanol–water partition coefficient (Wildman–Crippen LogP) is 5.05. The van der Waals surface area contributed by atoms with Crippen molar-refractivity contribution in [2.75, 3.05) is 7.11 Å². The number of benzene rings is 3. The summed E-state index contributed by atoms with van der Waals surface area (Å²) >= 11 is 12.3. The highest BCUT2D eigenvalue weighted by atomic mass is 35.5. The molecule has 0 spiro atoms. The summed E-state index contributed by atoms with van der Waals surface area (Å²) in [6.45, 7) is 0.179. The minimum Gasteiger partial charge on any atom is -0.507 e. The van der Waals surface area contributed by atoms with Gasteiger partial charge in [0.15, 0.2) is 11.5 Å². The number of nitrogens with one attached hydrogen (secondary N) is 1. The smallest absolute Gasteiger partial charge is 0.275 e. The largest absolute Gasteiger partial charge is 0.507 e. The molecule has 1 amide bonds. The maximum absolute atomic E-state index is 12.1. The van der Waals surface area contributed by atoms with Gasteiger partial charge in [0.25, 0.3) is 5.91 Å². The molecule has 0 fully saturated rings. The van der Waals surface area contributed by atoms with Crippen LogP contribution in [-0.2, 0) is 6.61 Å². The second-order valence-electron chi connectivity index (χ2n) is 6.12. The van der Waals surface area contributed by atoms with Gasteiger partial charge in [-0.2, -0.15) is 5.10 Å². The van der Waals surface area contributed by atoms with Crippen LogP contribution in [0.2, 0.25) is 10.0 Å². The molecule has 0 aromatic heterocycles. The number of ether oxygens (including phenoxy) is 2. The van der Waals surface area contributed by atoms with E-state index in [0.717, 1.165) is 0 Å². The average molecular weight is 445 g/mol. The van der Waals surface area contributed by atoms with Crippen LogP contribution >= 0.6 is 23.2 Å². The first-order chi connectivity index (χ1) is 14.5. The topological polar surface area (TPSA) is 80.2 Å². The minimum atomic E-state index is -0.520. The SMILES string of the molecule is COc1cc(/C=N/NC(=O)c2ccccc2O)ccc1OCc1c(Cl)cccc1Cl. The van der Waals surface area contributed by atoms with Crippen molar-refractivity contribution in [2.24, 2.45) is 5.10 Å². The van der Waals surface area contributed by atoms with Gasteiger partial charge in [-0.25, -0.2) is 5.43 Å². The summed E-state index contributed by atoms with van der Waals surface area (Å²) in [5, 5.41) is 14.7. The number of nitrogens with zero attached hydrogens (tertiary/aromatic N) is 1. The van der Waals surface area contributed by atoms with Gasteiger partial charge in [0.1, 0.15) is 12.4 Å². The van der Waals surface area contributed by atoms with Crippen molar-refractivity contribution in [1.29, 1.82) is 0 Å². The van der Waals surface area contributed by atoms with Crippen molar-refractivity contribution in [1.82, 2.24) is 5.43 Å². The van der Waals surface area contributed by atoms with Crippen molar-refractivity contribution in [2.45, 2.75) is 6.61 Å². The molecule has 0 atom stereocenters. The van der Waals surface area contributed by atoms with E-state index in [4.69, 9.17) is 32.7 Å². The highest BCUT2D eigenvalue weighted by molar-refractivity contribution is 6.35. The molecule has 0 radical (unpaired) electrons. The van der Waals surface area contributed by atoms with Crippen LogP contribution in [0.4, 0.5) is 0 Å². The van der Waals surface area contributed by atoms with Gasteiger partial charge in [-0.1, -0.05) is 41.4 Å². The Labute approximate surface area is 183 Å². The lowest BCUT2D eigenvalue weighted by Crippen LogP contribution is -2.17. The summed E-state index contributed by atoms with van der Waals surface area (Å²) in [7, 11) is 1.52. The summed E-state index contributed by atoms with van der Waals surface area (Å²) in [5.41, 5.74) is 3.86. The van der Waals surface area contributed by atoms with Crippen LogP contribution in [0, 0.1) is 0 Å². The van der Waals surface area contributed by atoms with E-state index in [0.29, 0.717) is 32.7 Å². The summed E-state index contributed by atoms with van der Waals surface area (Å²) in [5.74, 6) is 0.345. The Kier molecular flexibility index (Phi) is 7.17. The van der Waals surface area contributed by atoms with Gasteiger partial charge in [0.05, 0.1) is 18.9 Å². The van der Waals surface area contributed by atoms with Crippen LogP contribution in [0.15, 0.2) is 65.8 Å². The number of rotatable bonds is 7. The van der Waals surface area contributed by atoms with E-state index >= 15 is 0 Å². The highest BCUT2D eigenvalue weighted by Gasteiger charge is 2.11. The molecule has 0 heterocycles. The van der Waals surface area contributed by atoms with E-state index in [1.165, 1.54) is 25.5 Å². The molecule has 154 valence electrons. The van der Waals surface area contributed by atoms with E-state index in [9.17, 15) is 9.90 Å². The van der Waals surface area contributed by atoms with Crippen molar-refractivity contribution in [3.63, 3.8) is 0 Å². The number of para-hydroxylation sites is 1. The van der Waals surface area contributed by atoms with Gasteiger partial charge in [0.2, 0.25) is 0 Å². The maximum atomic E-state index is 12.1. The van der Waals surface area contributed by atoms with Crippen molar-refractivity contribution in [3.05, 3.63) is 87.4 Å². The second kappa shape index (κ2) is 10.0. The first-order valence-corrected chi connectivity index (χ1v) is 9.60. The molecule has 3 aromatic carbocycles. The van der Waals surface area contributed by atoms with Crippen LogP contribution in [0.3, 0.4) is 0 Å². The number of amides is 1. The number of hydrazone groups is 1. The molecule has 0 aliphatic carbocycles. The van der Waals surface area contributed by atoms with Gasteiger partial charge in [-0.05, 0) is 48.0 Å². The van der Waals surface area contributed by atoms with Gasteiger partial charge >= 0.3 is 0 Å². The molecule has 3 aromatic rings. The Balaban J connectivity index is 1.67. The Morgan fingerprint density at radius 2 is 1.80 bits per heavy atom. The fraction of sp³-hybridized carbons (Fsp3) is 0.0909. The third-order valence-corrected chi connectivity index (χ3v) is 4.86. The van der Waals surface area contributed by atoms with E-state index < -0.39 is 5.91 Å². The van der Waals surface area contributed by atoms with E-state index in [1.807, 2.05) is 0 Å². The summed E-state index contributed by atoms with van der Waals surface area (Å²) in [6, 6.07) is 16.6. The lowest BCUT2D eigenvalue weighted by atomic mass is 10.2. The number of carbonyl (C=O) groups is 1. The summed E-state index contributed by atoms with van der Waals surface area (Å²) < 4.78 is 11.2. The number of halogens is 2. The second-order valence-corrected chi connectivity index (χ2v) is 6.93. The molecule has 2 N–H and O–H groups in total. The number of phenols is 1. The lowest BCUT2D eigenvalue weighted by molar-refractivity contribution is 0.0952. The van der Waals surface area contributed by atoms with Gasteiger partial charge in [-0.3, -0.25) is 4.79 Å². The molecular formula is C22H18Cl2N2O4. The maximum Gasteiger partial charge on any atom is 0.275 e. The first-order valence-electron chi connectivity index (χ1n) is 8.84. The third-order valence-electron chi connectivity index (χ3n) is 4.15. The van der Waals surface area contributed by atoms with Crippen molar-refractivity contribution < 1.29 is 19.4 Å². The Morgan fingerprint density at radius 3 is 2.50 bits per heavy atom. The molecule has 0 saturated carbocycles. The molecule has 0 aliphatic heterocycles. The van der Waals surface area contributed by atoms with Crippen LogP contribution < -0.4 is 14.9 Å². The normalized spacial score (nSPS) is 10.8. The summed E-state index contributed by atoms with van der Waals surface area (Å²) in [4.78, 5) is 12.1. The van der Waals surface area contributed by atoms with Crippen LogP contribution in [0.1, 0.15) is 21.5 Å². The van der Waals surface area contributed by atoms with Crippen molar-refractivity contribution in [3.8, 4) is 17.2 Å². The van der Waals surface area contributed by atoms with Crippen LogP contribution in [0.5, 0.6) is 17.2 Å². The molecular weight excluding hydrogens is 427 g/mol. The standard InChI is InChI=1S/C22H18Cl2N2O4/c1-29-21-11-14(12-25-26-22(28)15-5-2-3-8-19(15)27)9-10-20(21)30-13-16-17(23)6-4-7-18(16)24/h2-12,27H,13H2,1H3,(H,26,28)/b25-12+. The number of methoxy groups -OCH3 is 1. The quantitative estimate of drug-likeness (QED) is 0.394. The number of hydrogen-bond acceptors (Lipinski definition) is 5. The Bertz CT molecular complexity index is 1070. The minimum absolute atomic E-state index is 0.119. The van der Waals surface area contributed by atoms with Crippen LogP contribution in [0.25, 0.3) is 0 Å². The Morgan fingerprint density at radius 1 is 1.07 bits per heavy atom. The lowest BCUT2D eigenvalue weighted by Gasteiger charge is -2.13. The van der Waals surface area contributed by atoms with E-state index in [-0.39, 0.29) is 17.9 Å². The fourth-order valence-corrected chi connectivity index (χ4v) is 3.10. The molecule has 8 heteroatoms. The average Bonchev–Trinajstić information content (AvgIpc) is 2.74. The Hall–Kier alpha value is -3.22. The van der Waals surface area contributed by atoms with Gasteiger partial charge in [0, 0.05) is 15.6 Å². The molecule has 6 nitrogen and oxygen atoms in total. The zero-order valence-corrected chi connectivity index (χ0v) is 17.4.